The summed E-state index contributed by atoms with van der Waals surface area (Å²) < 4.78 is 21.2. The average molecular weight is 488 g/mol. The summed E-state index contributed by atoms with van der Waals surface area (Å²) in [6, 6.07) is 5.58. The minimum atomic E-state index is -0.796. The quantitative estimate of drug-likeness (QED) is 0.285. The van der Waals surface area contributed by atoms with Gasteiger partial charge in [-0.25, -0.2) is 4.79 Å². The van der Waals surface area contributed by atoms with Gasteiger partial charge in [0, 0.05) is 39.9 Å². The van der Waals surface area contributed by atoms with Crippen LogP contribution in [0.15, 0.2) is 41.7 Å². The first-order chi connectivity index (χ1) is 16.8. The molecule has 9 heteroatoms. The van der Waals surface area contributed by atoms with Crippen LogP contribution in [-0.2, 0) is 20.8 Å². The molecule has 3 amide bonds. The summed E-state index contributed by atoms with van der Waals surface area (Å²) in [5.74, 6) is 2.00. The summed E-state index contributed by atoms with van der Waals surface area (Å²) in [6.07, 6.45) is 4.81. The van der Waals surface area contributed by atoms with Crippen LogP contribution in [0.25, 0.3) is 0 Å². The van der Waals surface area contributed by atoms with Crippen LogP contribution < -0.4 is 9.47 Å². The van der Waals surface area contributed by atoms with Gasteiger partial charge in [0.25, 0.3) is 5.91 Å². The van der Waals surface area contributed by atoms with Crippen molar-refractivity contribution in [3.05, 3.63) is 47.2 Å². The number of nitrogens with zero attached hydrogens (tertiary/aromatic N) is 3. The summed E-state index contributed by atoms with van der Waals surface area (Å²) in [5.41, 5.74) is 1.14. The molecule has 1 spiro atoms. The summed E-state index contributed by atoms with van der Waals surface area (Å²) in [5, 5.41) is 0. The lowest BCUT2D eigenvalue weighted by Crippen LogP contribution is -2.55. The van der Waals surface area contributed by atoms with E-state index in [4.69, 9.17) is 18.9 Å². The first-order valence-electron chi connectivity index (χ1n) is 11.7. The third-order valence-corrected chi connectivity index (χ3v) is 6.79. The number of amides is 3. The van der Waals surface area contributed by atoms with Crippen molar-refractivity contribution in [1.82, 2.24) is 14.7 Å². The predicted molar refractivity (Wildman–Crippen MR) is 132 cm³/mol. The van der Waals surface area contributed by atoms with Gasteiger partial charge in [-0.15, -0.1) is 0 Å². The van der Waals surface area contributed by atoms with Gasteiger partial charge in [0.15, 0.2) is 0 Å². The van der Waals surface area contributed by atoms with Crippen LogP contribution in [-0.4, -0.2) is 93.9 Å². The second-order valence-electron chi connectivity index (χ2n) is 9.02. The number of likely N-dealkylation sites (tertiary alicyclic amines) is 1. The van der Waals surface area contributed by atoms with Crippen LogP contribution >= 0.6 is 0 Å². The molecule has 1 aromatic carbocycles. The second-order valence-corrected chi connectivity index (χ2v) is 9.02. The first-order valence-corrected chi connectivity index (χ1v) is 11.7. The van der Waals surface area contributed by atoms with Crippen LogP contribution in [0.2, 0.25) is 0 Å². The number of rotatable bonds is 10. The number of benzene rings is 1. The van der Waals surface area contributed by atoms with Crippen LogP contribution in [0, 0.1) is 0 Å². The van der Waals surface area contributed by atoms with Crippen molar-refractivity contribution in [2.24, 2.45) is 0 Å². The van der Waals surface area contributed by atoms with Gasteiger partial charge < -0.3 is 23.8 Å². The van der Waals surface area contributed by atoms with Crippen molar-refractivity contribution in [3.8, 4) is 11.5 Å². The van der Waals surface area contributed by atoms with Gasteiger partial charge in [-0.05, 0) is 55.2 Å². The van der Waals surface area contributed by atoms with Gasteiger partial charge in [0.2, 0.25) is 0 Å². The highest BCUT2D eigenvalue weighted by Gasteiger charge is 2.56. The number of imide groups is 1. The molecule has 3 rings (SSSR count). The van der Waals surface area contributed by atoms with Crippen molar-refractivity contribution >= 4 is 11.9 Å². The predicted octanol–water partition coefficient (Wildman–Crippen LogP) is 3.06. The standard InChI is InChI=1S/C26H37N3O6/c1-19(13-21(33-4)7-12-32-3)17-29-24(30)26(27(2)25(29)31)8-10-28(11-9-26)18-20-14-22(34-5)16-23(15-20)35-6/h7,13-16H,8-12,17-18H2,1-6H3/b19-13+,21-7+. The van der Waals surface area contributed by atoms with E-state index < -0.39 is 5.54 Å². The highest BCUT2D eigenvalue weighted by atomic mass is 16.5. The van der Waals surface area contributed by atoms with E-state index in [9.17, 15) is 9.59 Å². The monoisotopic (exact) mass is 487 g/mol. The number of methoxy groups -OCH3 is 4. The molecule has 192 valence electrons. The Morgan fingerprint density at radius 1 is 1.03 bits per heavy atom. The van der Waals surface area contributed by atoms with Crippen LogP contribution in [0.5, 0.6) is 11.5 Å². The minimum Gasteiger partial charge on any atom is -0.497 e. The van der Waals surface area contributed by atoms with Gasteiger partial charge in [-0.1, -0.05) is 0 Å². The van der Waals surface area contributed by atoms with Gasteiger partial charge in [-0.3, -0.25) is 14.6 Å². The number of carbonyl (C=O) groups excluding carboxylic acids is 2. The molecule has 2 saturated heterocycles. The number of carbonyl (C=O) groups is 2. The van der Waals surface area contributed by atoms with Crippen molar-refractivity contribution in [3.63, 3.8) is 0 Å². The van der Waals surface area contributed by atoms with E-state index in [0.717, 1.165) is 22.6 Å². The Bertz CT molecular complexity index is 959. The topological polar surface area (TPSA) is 80.8 Å². The van der Waals surface area contributed by atoms with Crippen molar-refractivity contribution in [2.45, 2.75) is 31.8 Å². The second kappa shape index (κ2) is 11.6. The highest BCUT2D eigenvalue weighted by Crippen LogP contribution is 2.37. The summed E-state index contributed by atoms with van der Waals surface area (Å²) in [6.45, 7) is 4.66. The number of hydrogen-bond donors (Lipinski definition) is 0. The van der Waals surface area contributed by atoms with E-state index in [0.29, 0.717) is 44.8 Å². The van der Waals surface area contributed by atoms with Gasteiger partial charge in [0.05, 0.1) is 34.5 Å². The zero-order valence-electron chi connectivity index (χ0n) is 21.6. The third-order valence-electron chi connectivity index (χ3n) is 6.79. The molecule has 35 heavy (non-hydrogen) atoms. The lowest BCUT2D eigenvalue weighted by Gasteiger charge is -2.40. The molecule has 9 nitrogen and oxygen atoms in total. The maximum Gasteiger partial charge on any atom is 0.327 e. The Morgan fingerprint density at radius 3 is 2.20 bits per heavy atom. The number of allylic oxidation sites excluding steroid dienone is 1. The van der Waals surface area contributed by atoms with E-state index in [1.165, 1.54) is 4.90 Å². The van der Waals surface area contributed by atoms with Gasteiger partial charge in [0.1, 0.15) is 22.8 Å². The van der Waals surface area contributed by atoms with Crippen LogP contribution in [0.3, 0.4) is 0 Å². The van der Waals surface area contributed by atoms with E-state index in [2.05, 4.69) is 4.90 Å². The normalized spacial score (nSPS) is 19.0. The molecule has 0 aliphatic carbocycles. The van der Waals surface area contributed by atoms with Crippen LogP contribution in [0.4, 0.5) is 4.79 Å². The molecule has 2 fully saturated rings. The molecule has 0 saturated carbocycles. The van der Waals surface area contributed by atoms with Crippen molar-refractivity contribution < 1.29 is 28.5 Å². The molecule has 0 aromatic heterocycles. The van der Waals surface area contributed by atoms with Crippen molar-refractivity contribution in [1.29, 1.82) is 0 Å². The van der Waals surface area contributed by atoms with E-state index >= 15 is 0 Å². The number of piperidine rings is 1. The molecule has 0 unspecified atom stereocenters. The highest BCUT2D eigenvalue weighted by molar-refractivity contribution is 6.07. The van der Waals surface area contributed by atoms with E-state index in [-0.39, 0.29) is 18.5 Å². The Kier molecular flexibility index (Phi) is 8.80. The fraction of sp³-hybridized carbons (Fsp3) is 0.538. The molecule has 0 atom stereocenters. The number of likely N-dealkylation sites (N-methyl/N-ethyl adjacent to an activating group) is 1. The molecule has 0 N–H and O–H groups in total. The Hall–Kier alpha value is -3.04. The first kappa shape index (κ1) is 26.6. The largest absolute Gasteiger partial charge is 0.497 e. The fourth-order valence-corrected chi connectivity index (χ4v) is 4.74. The zero-order valence-corrected chi connectivity index (χ0v) is 21.6. The summed E-state index contributed by atoms with van der Waals surface area (Å²) in [4.78, 5) is 31.9. The maximum atomic E-state index is 13.5. The Morgan fingerprint density at radius 2 is 1.66 bits per heavy atom. The smallest absolute Gasteiger partial charge is 0.327 e. The lowest BCUT2D eigenvalue weighted by molar-refractivity contribution is -0.135. The number of hydrogen-bond acceptors (Lipinski definition) is 7. The molecule has 2 aliphatic rings. The molecule has 1 aromatic rings. The molecular weight excluding hydrogens is 450 g/mol. The molecule has 2 aliphatic heterocycles. The van der Waals surface area contributed by atoms with E-state index in [1.807, 2.05) is 31.2 Å². The van der Waals surface area contributed by atoms with Gasteiger partial charge in [-0.2, -0.15) is 0 Å². The molecule has 0 bridgehead atoms. The molecular formula is C26H37N3O6. The lowest BCUT2D eigenvalue weighted by atomic mass is 9.86. The minimum absolute atomic E-state index is 0.125. The fourth-order valence-electron chi connectivity index (χ4n) is 4.74. The van der Waals surface area contributed by atoms with Crippen LogP contribution in [0.1, 0.15) is 25.3 Å². The van der Waals surface area contributed by atoms with Crippen molar-refractivity contribution in [2.75, 3.05) is 61.7 Å². The van der Waals surface area contributed by atoms with Gasteiger partial charge >= 0.3 is 6.03 Å². The number of ether oxygens (including phenoxy) is 4. The number of urea groups is 1. The maximum absolute atomic E-state index is 13.5. The van der Waals surface area contributed by atoms with E-state index in [1.54, 1.807) is 46.5 Å². The zero-order chi connectivity index (χ0) is 25.6. The summed E-state index contributed by atoms with van der Waals surface area (Å²) >= 11 is 0. The third kappa shape index (κ3) is 5.79. The Labute approximate surface area is 207 Å². The molecule has 0 radical (unpaired) electrons. The molecule has 2 heterocycles. The SMILES string of the molecule is COC/C=C(\C=C(/C)CN1C(=O)N(C)C2(CCN(Cc3cc(OC)cc(OC)c3)CC2)C1=O)OC. The average Bonchev–Trinajstić information content (AvgIpc) is 3.03. The summed E-state index contributed by atoms with van der Waals surface area (Å²) in [7, 11) is 8.19. The Balaban J connectivity index is 1.68.